The van der Waals surface area contributed by atoms with E-state index in [2.05, 4.69) is 16.0 Å². The topological polar surface area (TPSA) is 114 Å². The van der Waals surface area contributed by atoms with E-state index in [4.69, 9.17) is 4.74 Å². The molecule has 0 saturated heterocycles. The van der Waals surface area contributed by atoms with Crippen molar-refractivity contribution in [1.29, 1.82) is 0 Å². The van der Waals surface area contributed by atoms with Crippen molar-refractivity contribution in [3.8, 4) is 0 Å². The maximum Gasteiger partial charge on any atom is 0.339 e. The molecule has 214 valence electrons. The maximum absolute atomic E-state index is 13.3. The zero-order chi connectivity index (χ0) is 29.9. The van der Waals surface area contributed by atoms with Crippen LogP contribution in [0.2, 0.25) is 0 Å². The van der Waals surface area contributed by atoms with Gasteiger partial charge in [0.1, 0.15) is 5.70 Å². The number of thiophene rings is 1. The SMILES string of the molecule is CCC(Sc1cccc(NC(=O)/C(=C\c2ccsc2)NC(=O)c2ccccc2)c1)C(=O)Nc1ccccc1C(=O)OC. The third-order valence-electron chi connectivity index (χ3n) is 6.01. The average molecular weight is 600 g/mol. The number of ether oxygens (including phenoxy) is 1. The van der Waals surface area contributed by atoms with Crippen LogP contribution in [-0.4, -0.2) is 36.1 Å². The molecule has 0 fully saturated rings. The Hall–Kier alpha value is -4.67. The zero-order valence-electron chi connectivity index (χ0n) is 23.0. The number of rotatable bonds is 11. The molecular weight excluding hydrogens is 571 g/mol. The molecule has 4 rings (SSSR count). The summed E-state index contributed by atoms with van der Waals surface area (Å²) >= 11 is 2.82. The van der Waals surface area contributed by atoms with Gasteiger partial charge in [0.25, 0.3) is 11.8 Å². The maximum atomic E-state index is 13.3. The van der Waals surface area contributed by atoms with Crippen molar-refractivity contribution in [2.24, 2.45) is 0 Å². The van der Waals surface area contributed by atoms with Crippen molar-refractivity contribution >= 4 is 64.2 Å². The van der Waals surface area contributed by atoms with Crippen molar-refractivity contribution in [3.63, 3.8) is 0 Å². The Balaban J connectivity index is 1.47. The molecule has 1 aromatic heterocycles. The summed E-state index contributed by atoms with van der Waals surface area (Å²) < 4.78 is 4.82. The molecule has 3 amide bonds. The van der Waals surface area contributed by atoms with Crippen LogP contribution in [0.5, 0.6) is 0 Å². The molecule has 0 aliphatic rings. The van der Waals surface area contributed by atoms with Gasteiger partial charge < -0.3 is 20.7 Å². The number of amides is 3. The summed E-state index contributed by atoms with van der Waals surface area (Å²) in [6.45, 7) is 1.89. The Morgan fingerprint density at radius 1 is 0.929 bits per heavy atom. The highest BCUT2D eigenvalue weighted by molar-refractivity contribution is 8.00. The summed E-state index contributed by atoms with van der Waals surface area (Å²) in [7, 11) is 1.29. The second-order valence-corrected chi connectivity index (χ2v) is 11.0. The molecule has 1 unspecified atom stereocenters. The number of methoxy groups -OCH3 is 1. The number of benzene rings is 3. The van der Waals surface area contributed by atoms with E-state index in [0.717, 1.165) is 10.5 Å². The fourth-order valence-electron chi connectivity index (χ4n) is 3.89. The molecule has 1 heterocycles. The first-order valence-corrected chi connectivity index (χ1v) is 14.9. The lowest BCUT2D eigenvalue weighted by molar-refractivity contribution is -0.116. The number of hydrogen-bond donors (Lipinski definition) is 3. The predicted molar refractivity (Wildman–Crippen MR) is 168 cm³/mol. The standard InChI is InChI=1S/C32H29N3O5S2/c1-3-28(31(38)34-26-15-8-7-14-25(26)32(39)40-2)42-24-13-9-12-23(19-24)33-30(37)27(18-21-16-17-41-20-21)35-29(36)22-10-5-4-6-11-22/h4-20,28H,3H2,1-2H3,(H,33,37)(H,34,38)(H,35,36)/b27-18+. The molecule has 0 spiro atoms. The molecule has 1 atom stereocenters. The van der Waals surface area contributed by atoms with Crippen molar-refractivity contribution in [2.75, 3.05) is 17.7 Å². The number of thioether (sulfide) groups is 1. The van der Waals surface area contributed by atoms with Gasteiger partial charge in [0.15, 0.2) is 0 Å². The third kappa shape index (κ3) is 8.18. The first-order chi connectivity index (χ1) is 20.4. The number of para-hydroxylation sites is 1. The van der Waals surface area contributed by atoms with Crippen LogP contribution in [0.3, 0.4) is 0 Å². The minimum absolute atomic E-state index is 0.0930. The zero-order valence-corrected chi connectivity index (χ0v) is 24.6. The molecule has 10 heteroatoms. The van der Waals surface area contributed by atoms with Crippen molar-refractivity contribution in [2.45, 2.75) is 23.5 Å². The lowest BCUT2D eigenvalue weighted by Gasteiger charge is -2.17. The van der Waals surface area contributed by atoms with Crippen molar-refractivity contribution < 1.29 is 23.9 Å². The van der Waals surface area contributed by atoms with E-state index in [1.54, 1.807) is 72.8 Å². The fraction of sp³-hybridized carbons (Fsp3) is 0.125. The van der Waals surface area contributed by atoms with Gasteiger partial charge in [0.2, 0.25) is 5.91 Å². The van der Waals surface area contributed by atoms with E-state index in [1.807, 2.05) is 35.9 Å². The highest BCUT2D eigenvalue weighted by atomic mass is 32.2. The average Bonchev–Trinajstić information content (AvgIpc) is 3.53. The van der Waals surface area contributed by atoms with Crippen LogP contribution < -0.4 is 16.0 Å². The third-order valence-corrected chi connectivity index (χ3v) is 8.07. The molecule has 0 bridgehead atoms. The van der Waals surface area contributed by atoms with Crippen LogP contribution in [0.15, 0.2) is 106 Å². The van der Waals surface area contributed by atoms with Crippen molar-refractivity contribution in [1.82, 2.24) is 5.32 Å². The van der Waals surface area contributed by atoms with E-state index in [0.29, 0.717) is 23.4 Å². The summed E-state index contributed by atoms with van der Waals surface area (Å²) in [4.78, 5) is 52.1. The molecule has 0 saturated carbocycles. The van der Waals surface area contributed by atoms with Gasteiger partial charge in [-0.1, -0.05) is 43.3 Å². The second-order valence-electron chi connectivity index (χ2n) is 8.96. The molecule has 3 aromatic carbocycles. The smallest absolute Gasteiger partial charge is 0.339 e. The number of carbonyl (C=O) groups excluding carboxylic acids is 4. The van der Waals surface area contributed by atoms with Crippen LogP contribution in [0.1, 0.15) is 39.6 Å². The Kier molecular flexibility index (Phi) is 10.7. The number of esters is 1. The molecule has 0 aliphatic heterocycles. The first-order valence-electron chi connectivity index (χ1n) is 13.0. The van der Waals surface area contributed by atoms with Gasteiger partial charge in [-0.25, -0.2) is 4.79 Å². The van der Waals surface area contributed by atoms with E-state index >= 15 is 0 Å². The summed E-state index contributed by atoms with van der Waals surface area (Å²) in [5, 5.41) is 11.7. The van der Waals surface area contributed by atoms with Crippen LogP contribution in [0.25, 0.3) is 6.08 Å². The predicted octanol–water partition coefficient (Wildman–Crippen LogP) is 6.45. The largest absolute Gasteiger partial charge is 0.465 e. The molecule has 42 heavy (non-hydrogen) atoms. The first kappa shape index (κ1) is 30.3. The van der Waals surface area contributed by atoms with E-state index in [-0.39, 0.29) is 17.2 Å². The number of nitrogens with one attached hydrogen (secondary N) is 3. The monoisotopic (exact) mass is 599 g/mol. The number of anilines is 2. The quantitative estimate of drug-likeness (QED) is 0.104. The minimum atomic E-state index is -0.539. The number of hydrogen-bond acceptors (Lipinski definition) is 7. The Labute approximate surface area is 252 Å². The van der Waals surface area contributed by atoms with Gasteiger partial charge in [-0.15, -0.1) is 11.8 Å². The van der Waals surface area contributed by atoms with E-state index < -0.39 is 23.0 Å². The highest BCUT2D eigenvalue weighted by Gasteiger charge is 2.21. The number of carbonyl (C=O) groups is 4. The van der Waals surface area contributed by atoms with E-state index in [1.165, 1.54) is 30.2 Å². The summed E-state index contributed by atoms with van der Waals surface area (Å²) in [5.74, 6) is -1.70. The summed E-state index contributed by atoms with van der Waals surface area (Å²) in [6, 6.07) is 24.3. The lowest BCUT2D eigenvalue weighted by Crippen LogP contribution is -2.30. The highest BCUT2D eigenvalue weighted by Crippen LogP contribution is 2.29. The Morgan fingerprint density at radius 3 is 2.40 bits per heavy atom. The van der Waals surface area contributed by atoms with Crippen LogP contribution in [0.4, 0.5) is 11.4 Å². The summed E-state index contributed by atoms with van der Waals surface area (Å²) in [6.07, 6.45) is 2.14. The second kappa shape index (κ2) is 14.8. The fourth-order valence-corrected chi connectivity index (χ4v) is 5.52. The molecule has 8 nitrogen and oxygen atoms in total. The van der Waals surface area contributed by atoms with E-state index in [9.17, 15) is 19.2 Å². The summed E-state index contributed by atoms with van der Waals surface area (Å²) in [5.41, 5.74) is 2.45. The van der Waals surface area contributed by atoms with Gasteiger partial charge in [-0.2, -0.15) is 11.3 Å². The van der Waals surface area contributed by atoms with Crippen LogP contribution >= 0.6 is 23.1 Å². The van der Waals surface area contributed by atoms with Gasteiger partial charge in [-0.3, -0.25) is 14.4 Å². The van der Waals surface area contributed by atoms with Crippen molar-refractivity contribution in [3.05, 3.63) is 118 Å². The van der Waals surface area contributed by atoms with Gasteiger partial charge >= 0.3 is 5.97 Å². The van der Waals surface area contributed by atoms with Gasteiger partial charge in [0.05, 0.1) is 23.6 Å². The molecule has 0 aliphatic carbocycles. The van der Waals surface area contributed by atoms with Crippen LogP contribution in [0, 0.1) is 0 Å². The normalized spacial score (nSPS) is 11.7. The Bertz CT molecular complexity index is 1590. The Morgan fingerprint density at radius 2 is 1.69 bits per heavy atom. The molecule has 4 aromatic rings. The lowest BCUT2D eigenvalue weighted by atomic mass is 10.1. The molecular formula is C32H29N3O5S2. The minimum Gasteiger partial charge on any atom is -0.465 e. The van der Waals surface area contributed by atoms with Gasteiger partial charge in [0, 0.05) is 16.1 Å². The molecule has 3 N–H and O–H groups in total. The van der Waals surface area contributed by atoms with Crippen LogP contribution in [-0.2, 0) is 14.3 Å². The molecule has 0 radical (unpaired) electrons. The van der Waals surface area contributed by atoms with Gasteiger partial charge in [-0.05, 0) is 77.4 Å².